The summed E-state index contributed by atoms with van der Waals surface area (Å²) in [7, 11) is 0. The third-order valence-electron chi connectivity index (χ3n) is 4.23. The van der Waals surface area contributed by atoms with Crippen molar-refractivity contribution in [2.24, 2.45) is 0 Å². The first kappa shape index (κ1) is 28.6. The van der Waals surface area contributed by atoms with E-state index in [1.165, 1.54) is 0 Å². The second-order valence-corrected chi connectivity index (χ2v) is 6.20. The Bertz CT molecular complexity index is 681. The highest BCUT2D eigenvalue weighted by molar-refractivity contribution is 5.22. The summed E-state index contributed by atoms with van der Waals surface area (Å²) in [6.45, 7) is 0. The molecule has 0 aromatic rings. The molecule has 0 unspecified atom stereocenters. The summed E-state index contributed by atoms with van der Waals surface area (Å²) in [6, 6.07) is 0. The Balaban J connectivity index is 4.38. The fourth-order valence-corrected chi connectivity index (χ4v) is 2.15. The minimum atomic E-state index is -9.06. The van der Waals surface area contributed by atoms with Crippen LogP contribution >= 0.6 is 0 Å². The fourth-order valence-electron chi connectivity index (χ4n) is 2.15. The van der Waals surface area contributed by atoms with Gasteiger partial charge >= 0.3 is 59.2 Å². The van der Waals surface area contributed by atoms with Gasteiger partial charge in [0.05, 0.1) is 0 Å². The van der Waals surface area contributed by atoms with Crippen LogP contribution in [0.3, 0.4) is 0 Å². The van der Waals surface area contributed by atoms with Crippen molar-refractivity contribution >= 4 is 0 Å². The average Bonchev–Trinajstić information content (AvgIpc) is 2.58. The van der Waals surface area contributed by atoms with E-state index < -0.39 is 65.4 Å². The van der Waals surface area contributed by atoms with Gasteiger partial charge in [0.15, 0.2) is 0 Å². The molecule has 0 aromatic heterocycles. The van der Waals surface area contributed by atoms with Gasteiger partial charge in [-0.15, -0.1) is 0 Å². The van der Waals surface area contributed by atoms with E-state index in [-0.39, 0.29) is 0 Å². The molecule has 0 radical (unpaired) electrons. The SMILES string of the molecule is FC1C(F)(F)C(F)(F)C(F)(F)C(F)(F)C(F)(F)C(F)(F)C(F)(F)C(F)(F)C(F)(F)C1(F)F. The molecule has 0 nitrogen and oxygen atoms in total. The lowest BCUT2D eigenvalue weighted by Crippen LogP contribution is -2.75. The predicted octanol–water partition coefficient (Wildman–Crippen LogP) is 6.69. The lowest BCUT2D eigenvalue weighted by Gasteiger charge is -2.43. The Morgan fingerprint density at radius 1 is 0.250 bits per heavy atom. The summed E-state index contributed by atoms with van der Waals surface area (Å²) in [4.78, 5) is 0. The Kier molecular flexibility index (Phi) is 5.67. The number of hydrogen-bond donors (Lipinski definition) is 0. The van der Waals surface area contributed by atoms with Crippen molar-refractivity contribution in [3.8, 4) is 0 Å². The van der Waals surface area contributed by atoms with Crippen LogP contribution in [0, 0.1) is 0 Å². The summed E-state index contributed by atoms with van der Waals surface area (Å²) >= 11 is 0. The van der Waals surface area contributed by atoms with Crippen molar-refractivity contribution < 1.29 is 92.2 Å². The quantitative estimate of drug-likeness (QED) is 0.305. The average molecular weight is 532 g/mol. The van der Waals surface area contributed by atoms with Gasteiger partial charge in [-0.05, 0) is 0 Å². The number of rotatable bonds is 0. The normalized spacial score (nSPS) is 33.7. The largest absolute Gasteiger partial charge is 0.385 e. The summed E-state index contributed by atoms with van der Waals surface area (Å²) in [5.41, 5.74) is 0. The van der Waals surface area contributed by atoms with Crippen molar-refractivity contribution in [3.63, 3.8) is 0 Å². The highest BCUT2D eigenvalue weighted by atomic mass is 19.4. The van der Waals surface area contributed by atoms with Crippen LogP contribution in [0.1, 0.15) is 0 Å². The van der Waals surface area contributed by atoms with E-state index >= 15 is 0 Å². The summed E-state index contributed by atoms with van der Waals surface area (Å²) in [5.74, 6) is -88.5. The molecule has 1 rings (SSSR count). The fraction of sp³-hybridized carbons (Fsp3) is 1.00. The van der Waals surface area contributed by atoms with Gasteiger partial charge in [0.1, 0.15) is 0 Å². The third kappa shape index (κ3) is 2.58. The van der Waals surface area contributed by atoms with Crippen LogP contribution in [0.25, 0.3) is 0 Å². The predicted molar refractivity (Wildman–Crippen MR) is 54.4 cm³/mol. The van der Waals surface area contributed by atoms with E-state index in [2.05, 4.69) is 0 Å². The van der Waals surface area contributed by atoms with Crippen LogP contribution in [0.15, 0.2) is 0 Å². The molecule has 21 heteroatoms. The summed E-state index contributed by atoms with van der Waals surface area (Å²) in [6.07, 6.45) is -7.23. The highest BCUT2D eigenvalue weighted by Crippen LogP contribution is 2.68. The lowest BCUT2D eigenvalue weighted by atomic mass is 9.87. The van der Waals surface area contributed by atoms with Crippen LogP contribution in [0.2, 0.25) is 0 Å². The summed E-state index contributed by atoms with van der Waals surface area (Å²) in [5, 5.41) is 0. The molecule has 0 bridgehead atoms. The van der Waals surface area contributed by atoms with Crippen molar-refractivity contribution in [1.29, 1.82) is 0 Å². The van der Waals surface area contributed by atoms with Crippen LogP contribution < -0.4 is 0 Å². The van der Waals surface area contributed by atoms with Gasteiger partial charge in [-0.2, -0.15) is 87.8 Å². The van der Waals surface area contributed by atoms with E-state index in [4.69, 9.17) is 0 Å². The standard InChI is InChI=1S/C11HF21/c12-1-2(13,14)4(17,18)6(21,22)8(25,26)10(29,30)11(31,32)9(27,28)7(23,24)5(19,20)3(1,15)16/h1H. The lowest BCUT2D eigenvalue weighted by molar-refractivity contribution is -0.460. The van der Waals surface area contributed by atoms with E-state index in [0.29, 0.717) is 0 Å². The van der Waals surface area contributed by atoms with Crippen molar-refractivity contribution in [3.05, 3.63) is 0 Å². The van der Waals surface area contributed by atoms with Crippen LogP contribution in [0.4, 0.5) is 92.2 Å². The second kappa shape index (κ2) is 6.35. The molecular formula is C11HF21. The zero-order valence-electron chi connectivity index (χ0n) is 13.5. The minimum absolute atomic E-state index is 7.23. The first-order chi connectivity index (χ1) is 13.4. The van der Waals surface area contributed by atoms with E-state index in [9.17, 15) is 92.2 Å². The molecule has 1 aliphatic rings. The Labute approximate surface area is 159 Å². The summed E-state index contributed by atoms with van der Waals surface area (Å²) < 4.78 is 278. The maximum absolute atomic E-state index is 13.2. The first-order valence-corrected chi connectivity index (χ1v) is 6.83. The topological polar surface area (TPSA) is 0 Å². The van der Waals surface area contributed by atoms with Crippen molar-refractivity contribution in [1.82, 2.24) is 0 Å². The van der Waals surface area contributed by atoms with Crippen molar-refractivity contribution in [2.75, 3.05) is 0 Å². The van der Waals surface area contributed by atoms with Crippen LogP contribution in [0.5, 0.6) is 0 Å². The molecule has 0 saturated heterocycles. The van der Waals surface area contributed by atoms with Gasteiger partial charge in [0, 0.05) is 0 Å². The first-order valence-electron chi connectivity index (χ1n) is 6.83. The second-order valence-electron chi connectivity index (χ2n) is 6.20. The maximum Gasteiger partial charge on any atom is 0.385 e. The zero-order valence-corrected chi connectivity index (χ0v) is 13.5. The molecule has 32 heavy (non-hydrogen) atoms. The van der Waals surface area contributed by atoms with Gasteiger partial charge in [-0.25, -0.2) is 4.39 Å². The van der Waals surface area contributed by atoms with Crippen LogP contribution in [-0.4, -0.2) is 65.4 Å². The Morgan fingerprint density at radius 2 is 0.375 bits per heavy atom. The van der Waals surface area contributed by atoms with Crippen LogP contribution in [-0.2, 0) is 0 Å². The van der Waals surface area contributed by atoms with E-state index in [1.807, 2.05) is 0 Å². The Morgan fingerprint density at radius 3 is 0.531 bits per heavy atom. The van der Waals surface area contributed by atoms with Gasteiger partial charge in [-0.3, -0.25) is 0 Å². The molecule has 0 heterocycles. The molecule has 0 aromatic carbocycles. The molecule has 0 aliphatic heterocycles. The highest BCUT2D eigenvalue weighted by Gasteiger charge is 3.00. The molecule has 1 saturated carbocycles. The van der Waals surface area contributed by atoms with Crippen molar-refractivity contribution in [2.45, 2.75) is 65.4 Å². The maximum atomic E-state index is 13.2. The van der Waals surface area contributed by atoms with E-state index in [1.54, 1.807) is 0 Å². The molecule has 0 atom stereocenters. The number of alkyl halides is 21. The molecule has 0 amide bonds. The smallest absolute Gasteiger partial charge is 0.234 e. The molecule has 0 spiro atoms. The molecule has 0 N–H and O–H groups in total. The number of hydrogen-bond acceptors (Lipinski definition) is 0. The van der Waals surface area contributed by atoms with Gasteiger partial charge < -0.3 is 0 Å². The van der Waals surface area contributed by atoms with Gasteiger partial charge in [0.2, 0.25) is 6.17 Å². The number of halogens is 21. The zero-order chi connectivity index (χ0) is 26.6. The van der Waals surface area contributed by atoms with E-state index in [0.717, 1.165) is 0 Å². The minimum Gasteiger partial charge on any atom is -0.234 e. The molecule has 1 aliphatic carbocycles. The monoisotopic (exact) mass is 532 g/mol. The van der Waals surface area contributed by atoms with Gasteiger partial charge in [-0.1, -0.05) is 0 Å². The van der Waals surface area contributed by atoms with Gasteiger partial charge in [0.25, 0.3) is 0 Å². The molecular weight excluding hydrogens is 531 g/mol. The Hall–Kier alpha value is -1.47. The molecule has 192 valence electrons. The third-order valence-corrected chi connectivity index (χ3v) is 4.23. The molecule has 1 fully saturated rings.